The average molecular weight is 328 g/mol. The third-order valence-electron chi connectivity index (χ3n) is 4.93. The lowest BCUT2D eigenvalue weighted by molar-refractivity contribution is 0.0296. The second-order valence-electron chi connectivity index (χ2n) is 6.25. The summed E-state index contributed by atoms with van der Waals surface area (Å²) in [5.74, 6) is 0. The first kappa shape index (κ1) is 15.6. The van der Waals surface area contributed by atoms with Crippen molar-refractivity contribution in [2.24, 2.45) is 5.73 Å². The Morgan fingerprint density at radius 2 is 2.14 bits per heavy atom. The largest absolute Gasteiger partial charge is 0.329 e. The van der Waals surface area contributed by atoms with Gasteiger partial charge in [-0.15, -0.1) is 0 Å². The number of fused-ring (bicyclic) bond motifs is 1. The van der Waals surface area contributed by atoms with Crippen molar-refractivity contribution < 1.29 is 0 Å². The summed E-state index contributed by atoms with van der Waals surface area (Å²) >= 11 is 12.6. The molecule has 1 aromatic rings. The van der Waals surface area contributed by atoms with E-state index in [9.17, 15) is 0 Å². The predicted molar refractivity (Wildman–Crippen MR) is 89.0 cm³/mol. The van der Waals surface area contributed by atoms with Crippen LogP contribution in [0.25, 0.3) is 0 Å². The molecule has 0 amide bonds. The Hall–Kier alpha value is -0.320. The molecule has 2 aliphatic rings. The van der Waals surface area contributed by atoms with Crippen molar-refractivity contribution in [3.8, 4) is 0 Å². The number of nitrogens with two attached hydrogens (primary N) is 1. The van der Waals surface area contributed by atoms with E-state index in [1.807, 2.05) is 18.2 Å². The van der Waals surface area contributed by atoms with E-state index in [0.29, 0.717) is 18.6 Å². The standard InChI is InChI=1S/C16H23Cl2N3/c1-11-9-20-6-2-3-13(20)10-21(11)16(8-19)14-7-12(17)4-5-15(14)18/h4-5,7,11,13,16H,2-3,6,8-10,19H2,1H3. The van der Waals surface area contributed by atoms with Crippen molar-refractivity contribution in [3.05, 3.63) is 33.8 Å². The Morgan fingerprint density at radius 1 is 1.33 bits per heavy atom. The highest BCUT2D eigenvalue weighted by Gasteiger charge is 2.37. The van der Waals surface area contributed by atoms with E-state index in [1.54, 1.807) is 0 Å². The predicted octanol–water partition coefficient (Wildman–Crippen LogP) is 3.16. The molecule has 116 valence electrons. The van der Waals surface area contributed by atoms with Gasteiger partial charge in [-0.25, -0.2) is 0 Å². The van der Waals surface area contributed by atoms with Crippen LogP contribution in [0.2, 0.25) is 10.0 Å². The molecule has 0 aromatic heterocycles. The van der Waals surface area contributed by atoms with Crippen LogP contribution in [0.1, 0.15) is 31.4 Å². The van der Waals surface area contributed by atoms with Gasteiger partial charge in [0.15, 0.2) is 0 Å². The van der Waals surface area contributed by atoms with Crippen LogP contribution in [0.3, 0.4) is 0 Å². The third-order valence-corrected chi connectivity index (χ3v) is 5.51. The summed E-state index contributed by atoms with van der Waals surface area (Å²) in [4.78, 5) is 5.14. The second-order valence-corrected chi connectivity index (χ2v) is 7.10. The number of halogens is 2. The van der Waals surface area contributed by atoms with Crippen molar-refractivity contribution in [2.75, 3.05) is 26.2 Å². The van der Waals surface area contributed by atoms with Crippen molar-refractivity contribution in [1.29, 1.82) is 0 Å². The third kappa shape index (κ3) is 3.08. The first-order chi connectivity index (χ1) is 10.1. The first-order valence-electron chi connectivity index (χ1n) is 7.75. The van der Waals surface area contributed by atoms with Gasteiger partial charge < -0.3 is 5.73 Å². The van der Waals surface area contributed by atoms with E-state index >= 15 is 0 Å². The maximum absolute atomic E-state index is 6.40. The number of nitrogens with zero attached hydrogens (tertiary/aromatic N) is 2. The Bertz CT molecular complexity index is 508. The van der Waals surface area contributed by atoms with Crippen LogP contribution in [0.4, 0.5) is 0 Å². The Labute approximate surface area is 137 Å². The van der Waals surface area contributed by atoms with Gasteiger partial charge in [0, 0.05) is 47.8 Å². The number of hydrogen-bond donors (Lipinski definition) is 1. The lowest BCUT2D eigenvalue weighted by Gasteiger charge is -2.46. The molecule has 2 fully saturated rings. The molecule has 3 rings (SSSR count). The highest BCUT2D eigenvalue weighted by atomic mass is 35.5. The maximum Gasteiger partial charge on any atom is 0.0489 e. The van der Waals surface area contributed by atoms with Crippen LogP contribution in [0.5, 0.6) is 0 Å². The molecule has 0 spiro atoms. The lowest BCUT2D eigenvalue weighted by atomic mass is 9.99. The summed E-state index contributed by atoms with van der Waals surface area (Å²) in [5.41, 5.74) is 7.16. The van der Waals surface area contributed by atoms with Crippen molar-refractivity contribution in [3.63, 3.8) is 0 Å². The summed E-state index contributed by atoms with van der Waals surface area (Å²) in [6, 6.07) is 6.98. The van der Waals surface area contributed by atoms with Gasteiger partial charge in [-0.1, -0.05) is 23.2 Å². The molecule has 3 atom stereocenters. The molecule has 0 bridgehead atoms. The number of rotatable bonds is 3. The fourth-order valence-corrected chi connectivity index (χ4v) is 4.28. The van der Waals surface area contributed by atoms with Crippen molar-refractivity contribution >= 4 is 23.2 Å². The number of benzene rings is 1. The Balaban J connectivity index is 1.86. The van der Waals surface area contributed by atoms with E-state index in [1.165, 1.54) is 19.4 Å². The molecule has 2 aliphatic heterocycles. The van der Waals surface area contributed by atoms with Gasteiger partial charge in [0.1, 0.15) is 0 Å². The number of piperazine rings is 1. The molecular weight excluding hydrogens is 305 g/mol. The molecule has 0 aliphatic carbocycles. The molecule has 1 aromatic carbocycles. The zero-order valence-electron chi connectivity index (χ0n) is 12.4. The summed E-state index contributed by atoms with van der Waals surface area (Å²) in [7, 11) is 0. The molecule has 2 heterocycles. The minimum absolute atomic E-state index is 0.147. The normalized spacial score (nSPS) is 28.6. The summed E-state index contributed by atoms with van der Waals surface area (Å²) in [6.45, 7) is 6.30. The first-order valence-corrected chi connectivity index (χ1v) is 8.50. The van der Waals surface area contributed by atoms with Gasteiger partial charge in [0.2, 0.25) is 0 Å². The topological polar surface area (TPSA) is 32.5 Å². The minimum Gasteiger partial charge on any atom is -0.329 e. The zero-order chi connectivity index (χ0) is 15.0. The highest BCUT2D eigenvalue weighted by molar-refractivity contribution is 6.33. The van der Waals surface area contributed by atoms with Crippen LogP contribution >= 0.6 is 23.2 Å². The Morgan fingerprint density at radius 3 is 2.90 bits per heavy atom. The smallest absolute Gasteiger partial charge is 0.0489 e. The minimum atomic E-state index is 0.147. The van der Waals surface area contributed by atoms with Crippen LogP contribution in [0.15, 0.2) is 18.2 Å². The lowest BCUT2D eigenvalue weighted by Crippen LogP contribution is -2.56. The van der Waals surface area contributed by atoms with Gasteiger partial charge >= 0.3 is 0 Å². The van der Waals surface area contributed by atoms with E-state index in [4.69, 9.17) is 28.9 Å². The average Bonchev–Trinajstić information content (AvgIpc) is 2.90. The molecule has 2 saturated heterocycles. The van der Waals surface area contributed by atoms with E-state index in [-0.39, 0.29) is 6.04 Å². The monoisotopic (exact) mass is 327 g/mol. The van der Waals surface area contributed by atoms with Gasteiger partial charge in [-0.3, -0.25) is 9.80 Å². The molecule has 0 saturated carbocycles. The van der Waals surface area contributed by atoms with Gasteiger partial charge in [-0.2, -0.15) is 0 Å². The van der Waals surface area contributed by atoms with Crippen LogP contribution in [-0.2, 0) is 0 Å². The zero-order valence-corrected chi connectivity index (χ0v) is 13.9. The summed E-state index contributed by atoms with van der Waals surface area (Å²) in [5, 5.41) is 1.48. The van der Waals surface area contributed by atoms with Crippen LogP contribution in [0, 0.1) is 0 Å². The van der Waals surface area contributed by atoms with Crippen molar-refractivity contribution in [1.82, 2.24) is 9.80 Å². The van der Waals surface area contributed by atoms with Gasteiger partial charge in [-0.05, 0) is 50.1 Å². The maximum atomic E-state index is 6.40. The van der Waals surface area contributed by atoms with Crippen LogP contribution < -0.4 is 5.73 Å². The highest BCUT2D eigenvalue weighted by Crippen LogP contribution is 2.34. The molecular formula is C16H23Cl2N3. The van der Waals surface area contributed by atoms with E-state index in [0.717, 1.165) is 28.7 Å². The van der Waals surface area contributed by atoms with Crippen LogP contribution in [-0.4, -0.2) is 48.1 Å². The molecule has 21 heavy (non-hydrogen) atoms. The fourth-order valence-electron chi connectivity index (χ4n) is 3.86. The Kier molecular flexibility index (Phi) is 4.77. The van der Waals surface area contributed by atoms with E-state index in [2.05, 4.69) is 16.7 Å². The summed E-state index contributed by atoms with van der Waals surface area (Å²) < 4.78 is 0. The second kappa shape index (κ2) is 6.43. The molecule has 5 heteroatoms. The molecule has 2 N–H and O–H groups in total. The molecule has 3 unspecified atom stereocenters. The quantitative estimate of drug-likeness (QED) is 0.925. The summed E-state index contributed by atoms with van der Waals surface area (Å²) in [6.07, 6.45) is 2.61. The SMILES string of the molecule is CC1CN2CCCC2CN1C(CN)c1cc(Cl)ccc1Cl. The fraction of sp³-hybridized carbons (Fsp3) is 0.625. The molecule has 0 radical (unpaired) electrons. The van der Waals surface area contributed by atoms with Gasteiger partial charge in [0.05, 0.1) is 0 Å². The number of hydrogen-bond acceptors (Lipinski definition) is 3. The van der Waals surface area contributed by atoms with E-state index < -0.39 is 0 Å². The molecule has 3 nitrogen and oxygen atoms in total. The van der Waals surface area contributed by atoms with Gasteiger partial charge in [0.25, 0.3) is 0 Å². The van der Waals surface area contributed by atoms with Crippen molar-refractivity contribution in [2.45, 2.75) is 37.9 Å².